The summed E-state index contributed by atoms with van der Waals surface area (Å²) in [5, 5.41) is 3.33. The molecule has 0 saturated heterocycles. The lowest BCUT2D eigenvalue weighted by Crippen LogP contribution is -2.36. The molecule has 1 fully saturated rings. The Morgan fingerprint density at radius 1 is 1.47 bits per heavy atom. The van der Waals surface area contributed by atoms with Crippen LogP contribution in [-0.2, 0) is 11.3 Å². The summed E-state index contributed by atoms with van der Waals surface area (Å²) in [7, 11) is 1.96. The third kappa shape index (κ3) is 3.18. The smallest absolute Gasteiger partial charge is 0.142 e. The minimum absolute atomic E-state index is 0.179. The van der Waals surface area contributed by atoms with E-state index in [0.717, 1.165) is 24.9 Å². The Hall–Kier alpha value is -0.640. The monoisotopic (exact) mass is 257 g/mol. The average Bonchev–Trinajstić information content (AvgIpc) is 2.26. The molecule has 0 heterocycles. The number of benzene rings is 1. The first-order valence-corrected chi connectivity index (χ1v) is 6.27. The summed E-state index contributed by atoms with van der Waals surface area (Å²) in [6.07, 6.45) is 2.45. The first-order valence-electron chi connectivity index (χ1n) is 5.89. The van der Waals surface area contributed by atoms with E-state index in [4.69, 9.17) is 16.3 Å². The van der Waals surface area contributed by atoms with Crippen LogP contribution in [0, 0.1) is 11.7 Å². The molecule has 0 aromatic heterocycles. The molecule has 0 atom stereocenters. The van der Waals surface area contributed by atoms with Crippen molar-refractivity contribution in [1.82, 2.24) is 5.32 Å². The zero-order chi connectivity index (χ0) is 12.3. The third-order valence-electron chi connectivity index (χ3n) is 3.19. The van der Waals surface area contributed by atoms with Crippen LogP contribution in [0.1, 0.15) is 18.4 Å². The Balaban J connectivity index is 1.78. The van der Waals surface area contributed by atoms with Crippen molar-refractivity contribution in [2.45, 2.75) is 25.6 Å². The summed E-state index contributed by atoms with van der Waals surface area (Å²) in [5.74, 6) is 0.336. The number of halogens is 2. The van der Waals surface area contributed by atoms with Crippen LogP contribution in [-0.4, -0.2) is 19.7 Å². The number of hydrogen-bond donors (Lipinski definition) is 1. The third-order valence-corrected chi connectivity index (χ3v) is 3.61. The summed E-state index contributed by atoms with van der Waals surface area (Å²) in [4.78, 5) is 0. The predicted molar refractivity (Wildman–Crippen MR) is 66.6 cm³/mol. The highest BCUT2D eigenvalue weighted by Gasteiger charge is 2.29. The Morgan fingerprint density at radius 2 is 2.24 bits per heavy atom. The first-order chi connectivity index (χ1) is 8.20. The van der Waals surface area contributed by atoms with Crippen molar-refractivity contribution < 1.29 is 9.13 Å². The standard InChI is InChI=1S/C13H17ClFNO/c1-16-7-9-5-11(6-9)17-8-10-3-2-4-12(15)13(10)14/h2-4,9,11,16H,5-8H2,1H3. The summed E-state index contributed by atoms with van der Waals surface area (Å²) in [5.41, 5.74) is 0.726. The van der Waals surface area contributed by atoms with Gasteiger partial charge in [-0.2, -0.15) is 0 Å². The van der Waals surface area contributed by atoms with Gasteiger partial charge >= 0.3 is 0 Å². The minimum Gasteiger partial charge on any atom is -0.373 e. The number of nitrogens with one attached hydrogen (secondary N) is 1. The van der Waals surface area contributed by atoms with Crippen molar-refractivity contribution in [3.05, 3.63) is 34.6 Å². The molecule has 0 aliphatic heterocycles. The Bertz CT molecular complexity index is 380. The van der Waals surface area contributed by atoms with Gasteiger partial charge in [-0.15, -0.1) is 0 Å². The molecule has 1 aliphatic carbocycles. The van der Waals surface area contributed by atoms with Gasteiger partial charge in [-0.25, -0.2) is 4.39 Å². The highest BCUT2D eigenvalue weighted by molar-refractivity contribution is 6.31. The van der Waals surface area contributed by atoms with Gasteiger partial charge in [0.05, 0.1) is 17.7 Å². The second-order valence-corrected chi connectivity index (χ2v) is 4.92. The maximum Gasteiger partial charge on any atom is 0.142 e. The fourth-order valence-corrected chi connectivity index (χ4v) is 2.31. The van der Waals surface area contributed by atoms with Crippen molar-refractivity contribution in [1.29, 1.82) is 0 Å². The molecule has 1 saturated carbocycles. The van der Waals surface area contributed by atoms with E-state index in [1.54, 1.807) is 12.1 Å². The van der Waals surface area contributed by atoms with Crippen LogP contribution in [0.3, 0.4) is 0 Å². The van der Waals surface area contributed by atoms with Gasteiger partial charge in [0.15, 0.2) is 0 Å². The van der Waals surface area contributed by atoms with E-state index in [1.165, 1.54) is 6.07 Å². The van der Waals surface area contributed by atoms with E-state index in [2.05, 4.69) is 5.32 Å². The normalized spacial score (nSPS) is 23.5. The second kappa shape index (κ2) is 5.80. The van der Waals surface area contributed by atoms with Crippen molar-refractivity contribution >= 4 is 11.6 Å². The average molecular weight is 258 g/mol. The highest BCUT2D eigenvalue weighted by Crippen LogP contribution is 2.31. The molecule has 0 radical (unpaired) electrons. The quantitative estimate of drug-likeness (QED) is 0.876. The van der Waals surface area contributed by atoms with Crippen LogP contribution in [0.2, 0.25) is 5.02 Å². The lowest BCUT2D eigenvalue weighted by molar-refractivity contribution is -0.0391. The van der Waals surface area contributed by atoms with E-state index in [9.17, 15) is 4.39 Å². The van der Waals surface area contributed by atoms with Gasteiger partial charge in [0, 0.05) is 0 Å². The first kappa shape index (κ1) is 12.8. The largest absolute Gasteiger partial charge is 0.373 e. The molecule has 0 spiro atoms. The molecule has 0 amide bonds. The number of ether oxygens (including phenoxy) is 1. The summed E-state index contributed by atoms with van der Waals surface area (Å²) >= 11 is 5.85. The van der Waals surface area contributed by atoms with Gasteiger partial charge in [-0.05, 0) is 44.0 Å². The molecular formula is C13H17ClFNO. The molecule has 1 aromatic carbocycles. The van der Waals surface area contributed by atoms with Crippen LogP contribution in [0.5, 0.6) is 0 Å². The van der Waals surface area contributed by atoms with Gasteiger partial charge in [-0.1, -0.05) is 23.7 Å². The van der Waals surface area contributed by atoms with Crippen molar-refractivity contribution in [2.24, 2.45) is 5.92 Å². The zero-order valence-electron chi connectivity index (χ0n) is 9.88. The number of hydrogen-bond acceptors (Lipinski definition) is 2. The zero-order valence-corrected chi connectivity index (χ0v) is 10.6. The Kier molecular flexibility index (Phi) is 4.37. The van der Waals surface area contributed by atoms with Gasteiger partial charge in [0.2, 0.25) is 0 Å². The molecular weight excluding hydrogens is 241 g/mol. The summed E-state index contributed by atoms with van der Waals surface area (Å²) in [6, 6.07) is 4.82. The molecule has 0 bridgehead atoms. The molecule has 1 aromatic rings. The Labute approximate surface area is 106 Å². The van der Waals surface area contributed by atoms with Crippen molar-refractivity contribution in [2.75, 3.05) is 13.6 Å². The van der Waals surface area contributed by atoms with E-state index in [1.807, 2.05) is 7.05 Å². The van der Waals surface area contributed by atoms with E-state index >= 15 is 0 Å². The van der Waals surface area contributed by atoms with Gasteiger partial charge < -0.3 is 10.1 Å². The van der Waals surface area contributed by atoms with Crippen molar-refractivity contribution in [3.8, 4) is 0 Å². The van der Waals surface area contributed by atoms with Crippen LogP contribution in [0.15, 0.2) is 18.2 Å². The molecule has 1 N–H and O–H groups in total. The van der Waals surface area contributed by atoms with Gasteiger partial charge in [-0.3, -0.25) is 0 Å². The molecule has 17 heavy (non-hydrogen) atoms. The van der Waals surface area contributed by atoms with E-state index in [-0.39, 0.29) is 10.8 Å². The van der Waals surface area contributed by atoms with Crippen LogP contribution in [0.25, 0.3) is 0 Å². The van der Waals surface area contributed by atoms with Gasteiger partial charge in [0.1, 0.15) is 5.82 Å². The molecule has 94 valence electrons. The fourth-order valence-electron chi connectivity index (χ4n) is 2.13. The SMILES string of the molecule is CNCC1CC(OCc2cccc(F)c2Cl)C1. The predicted octanol–water partition coefficient (Wildman–Crippen LogP) is 2.99. The maximum atomic E-state index is 13.2. The van der Waals surface area contributed by atoms with Crippen LogP contribution >= 0.6 is 11.6 Å². The molecule has 2 nitrogen and oxygen atoms in total. The highest BCUT2D eigenvalue weighted by atomic mass is 35.5. The number of rotatable bonds is 5. The topological polar surface area (TPSA) is 21.3 Å². The van der Waals surface area contributed by atoms with Crippen molar-refractivity contribution in [3.63, 3.8) is 0 Å². The summed E-state index contributed by atoms with van der Waals surface area (Å²) in [6.45, 7) is 1.44. The summed E-state index contributed by atoms with van der Waals surface area (Å²) < 4.78 is 18.9. The molecule has 4 heteroatoms. The van der Waals surface area contributed by atoms with Crippen LogP contribution in [0.4, 0.5) is 4.39 Å². The molecule has 0 unspecified atom stereocenters. The minimum atomic E-state index is -0.380. The van der Waals surface area contributed by atoms with E-state index < -0.39 is 0 Å². The second-order valence-electron chi connectivity index (χ2n) is 4.54. The van der Waals surface area contributed by atoms with E-state index in [0.29, 0.717) is 18.6 Å². The fraction of sp³-hybridized carbons (Fsp3) is 0.538. The van der Waals surface area contributed by atoms with Gasteiger partial charge in [0.25, 0.3) is 0 Å². The van der Waals surface area contributed by atoms with Crippen LogP contribution < -0.4 is 5.32 Å². The lowest BCUT2D eigenvalue weighted by Gasteiger charge is -2.35. The molecule has 2 rings (SSSR count). The lowest BCUT2D eigenvalue weighted by atomic mass is 9.82. The Morgan fingerprint density at radius 3 is 2.94 bits per heavy atom. The molecule has 1 aliphatic rings. The maximum absolute atomic E-state index is 13.2.